The smallest absolute Gasteiger partial charge is 0.322 e. The summed E-state index contributed by atoms with van der Waals surface area (Å²) in [6.45, 7) is 1.87. The SMILES string of the molecule is Cc1ccc(S(=O)(=O)Nc2cccc(C(=O)Nc3nnc(-c4ccc(Cl)cc4)o3)c2)cc1. The highest BCUT2D eigenvalue weighted by atomic mass is 35.5. The predicted octanol–water partition coefficient (Wildman–Crippen LogP) is 4.75. The minimum Gasteiger partial charge on any atom is -0.403 e. The summed E-state index contributed by atoms with van der Waals surface area (Å²) in [5.74, 6) is -0.315. The van der Waals surface area contributed by atoms with Crippen LogP contribution in [-0.2, 0) is 10.0 Å². The van der Waals surface area contributed by atoms with E-state index in [1.54, 1.807) is 48.5 Å². The van der Waals surface area contributed by atoms with Gasteiger partial charge in [0.1, 0.15) is 0 Å². The van der Waals surface area contributed by atoms with Gasteiger partial charge in [0, 0.05) is 21.8 Å². The normalized spacial score (nSPS) is 11.2. The zero-order chi connectivity index (χ0) is 22.7. The average Bonchev–Trinajstić information content (AvgIpc) is 3.23. The number of halogens is 1. The molecule has 162 valence electrons. The highest BCUT2D eigenvalue weighted by Crippen LogP contribution is 2.23. The molecule has 0 saturated carbocycles. The standard InChI is InChI=1S/C22H17ClN4O4S/c1-14-5-11-19(12-6-14)32(29,30)27-18-4-2-3-16(13-18)20(28)24-22-26-25-21(31-22)15-7-9-17(23)10-8-15/h2-13,27H,1H3,(H,24,26,28). The summed E-state index contributed by atoms with van der Waals surface area (Å²) in [5, 5.41) is 10.8. The first-order valence-electron chi connectivity index (χ1n) is 9.40. The van der Waals surface area contributed by atoms with E-state index >= 15 is 0 Å². The van der Waals surface area contributed by atoms with Crippen LogP contribution < -0.4 is 10.0 Å². The Balaban J connectivity index is 1.48. The molecular weight excluding hydrogens is 452 g/mol. The number of carbonyl (C=O) groups is 1. The third kappa shape index (κ3) is 4.96. The molecule has 0 atom stereocenters. The second-order valence-corrected chi connectivity index (χ2v) is 8.99. The maximum absolute atomic E-state index is 12.6. The van der Waals surface area contributed by atoms with Crippen LogP contribution in [0, 0.1) is 6.92 Å². The average molecular weight is 469 g/mol. The van der Waals surface area contributed by atoms with Crippen LogP contribution in [-0.4, -0.2) is 24.5 Å². The zero-order valence-corrected chi connectivity index (χ0v) is 18.3. The number of rotatable bonds is 6. The van der Waals surface area contributed by atoms with Crippen molar-refractivity contribution in [2.45, 2.75) is 11.8 Å². The van der Waals surface area contributed by atoms with Gasteiger partial charge in [-0.2, -0.15) is 0 Å². The zero-order valence-electron chi connectivity index (χ0n) is 16.7. The van der Waals surface area contributed by atoms with Crippen molar-refractivity contribution < 1.29 is 17.6 Å². The number of sulfonamides is 1. The number of hydrogen-bond donors (Lipinski definition) is 2. The number of aryl methyl sites for hydroxylation is 1. The van der Waals surface area contributed by atoms with Gasteiger partial charge in [-0.15, -0.1) is 5.10 Å². The number of hydrogen-bond acceptors (Lipinski definition) is 6. The van der Waals surface area contributed by atoms with Gasteiger partial charge in [-0.1, -0.05) is 40.5 Å². The van der Waals surface area contributed by atoms with Gasteiger partial charge in [0.05, 0.1) is 4.90 Å². The van der Waals surface area contributed by atoms with Crippen LogP contribution in [0.2, 0.25) is 5.02 Å². The van der Waals surface area contributed by atoms with Crippen LogP contribution in [0.4, 0.5) is 11.7 Å². The number of amides is 1. The van der Waals surface area contributed by atoms with Crippen molar-refractivity contribution in [2.24, 2.45) is 0 Å². The molecule has 0 aliphatic rings. The van der Waals surface area contributed by atoms with E-state index in [0.29, 0.717) is 10.6 Å². The van der Waals surface area contributed by atoms with E-state index in [4.69, 9.17) is 16.0 Å². The molecule has 1 heterocycles. The molecule has 8 nitrogen and oxygen atoms in total. The molecule has 0 bridgehead atoms. The van der Waals surface area contributed by atoms with Crippen LogP contribution in [0.25, 0.3) is 11.5 Å². The van der Waals surface area contributed by atoms with Gasteiger partial charge in [0.15, 0.2) is 0 Å². The summed E-state index contributed by atoms with van der Waals surface area (Å²) in [5.41, 5.74) is 2.05. The first kappa shape index (κ1) is 21.5. The molecule has 4 aromatic rings. The van der Waals surface area contributed by atoms with Crippen molar-refractivity contribution in [3.8, 4) is 11.5 Å². The number of anilines is 2. The van der Waals surface area contributed by atoms with Crippen LogP contribution >= 0.6 is 11.6 Å². The molecule has 1 amide bonds. The van der Waals surface area contributed by atoms with Crippen molar-refractivity contribution in [3.05, 3.63) is 88.9 Å². The summed E-state index contributed by atoms with van der Waals surface area (Å²) in [4.78, 5) is 12.7. The summed E-state index contributed by atoms with van der Waals surface area (Å²) in [6.07, 6.45) is 0. The second kappa shape index (κ2) is 8.81. The van der Waals surface area contributed by atoms with Gasteiger partial charge >= 0.3 is 6.01 Å². The Morgan fingerprint density at radius 2 is 1.69 bits per heavy atom. The minimum absolute atomic E-state index is 0.0920. The molecule has 0 radical (unpaired) electrons. The number of nitrogens with one attached hydrogen (secondary N) is 2. The summed E-state index contributed by atoms with van der Waals surface area (Å²) < 4.78 is 33.1. The van der Waals surface area contributed by atoms with E-state index in [-0.39, 0.29) is 28.1 Å². The number of aromatic nitrogens is 2. The van der Waals surface area contributed by atoms with Crippen LogP contribution in [0.5, 0.6) is 0 Å². The Morgan fingerprint density at radius 3 is 2.41 bits per heavy atom. The van der Waals surface area contributed by atoms with Crippen LogP contribution in [0.3, 0.4) is 0 Å². The highest BCUT2D eigenvalue weighted by Gasteiger charge is 2.16. The third-order valence-electron chi connectivity index (χ3n) is 4.44. The first-order chi connectivity index (χ1) is 15.3. The third-order valence-corrected chi connectivity index (χ3v) is 6.09. The Hall–Kier alpha value is -3.69. The quantitative estimate of drug-likeness (QED) is 0.422. The Labute approximate surface area is 189 Å². The van der Waals surface area contributed by atoms with Gasteiger partial charge < -0.3 is 4.42 Å². The van der Waals surface area contributed by atoms with Crippen molar-refractivity contribution in [3.63, 3.8) is 0 Å². The van der Waals surface area contributed by atoms with Crippen LogP contribution in [0.15, 0.2) is 82.1 Å². The fourth-order valence-corrected chi connectivity index (χ4v) is 3.98. The lowest BCUT2D eigenvalue weighted by atomic mass is 10.2. The summed E-state index contributed by atoms with van der Waals surface area (Å²) in [6, 6.07) is 19.2. The van der Waals surface area contributed by atoms with Crippen molar-refractivity contribution in [2.75, 3.05) is 10.0 Å². The molecule has 10 heteroatoms. The molecule has 32 heavy (non-hydrogen) atoms. The monoisotopic (exact) mass is 468 g/mol. The van der Waals surface area contributed by atoms with Crippen molar-refractivity contribution in [1.82, 2.24) is 10.2 Å². The van der Waals surface area contributed by atoms with Crippen LogP contribution in [0.1, 0.15) is 15.9 Å². The molecule has 0 unspecified atom stereocenters. The lowest BCUT2D eigenvalue weighted by molar-refractivity contribution is 0.102. The first-order valence-corrected chi connectivity index (χ1v) is 11.3. The van der Waals surface area contributed by atoms with Gasteiger partial charge in [-0.25, -0.2) is 8.42 Å². The Kier molecular flexibility index (Phi) is 5.93. The molecule has 0 saturated heterocycles. The molecular formula is C22H17ClN4O4S. The second-order valence-electron chi connectivity index (χ2n) is 6.87. The molecule has 0 fully saturated rings. The largest absolute Gasteiger partial charge is 0.403 e. The summed E-state index contributed by atoms with van der Waals surface area (Å²) in [7, 11) is -3.79. The topological polar surface area (TPSA) is 114 Å². The maximum atomic E-state index is 12.6. The van der Waals surface area contributed by atoms with Crippen molar-refractivity contribution >= 4 is 39.2 Å². The molecule has 0 spiro atoms. The fourth-order valence-electron chi connectivity index (χ4n) is 2.81. The molecule has 1 aromatic heterocycles. The number of carbonyl (C=O) groups excluding carboxylic acids is 1. The van der Waals surface area contributed by atoms with E-state index < -0.39 is 15.9 Å². The molecule has 0 aliphatic carbocycles. The molecule has 2 N–H and O–H groups in total. The van der Waals surface area contributed by atoms with Crippen molar-refractivity contribution in [1.29, 1.82) is 0 Å². The Bertz CT molecular complexity index is 1370. The lowest BCUT2D eigenvalue weighted by Crippen LogP contribution is -2.15. The van der Waals surface area contributed by atoms with E-state index in [2.05, 4.69) is 20.2 Å². The molecule has 3 aromatic carbocycles. The van der Waals surface area contributed by atoms with Gasteiger partial charge in [-0.05, 0) is 61.5 Å². The van der Waals surface area contributed by atoms with E-state index in [0.717, 1.165) is 5.56 Å². The maximum Gasteiger partial charge on any atom is 0.322 e. The molecule has 4 rings (SSSR count). The minimum atomic E-state index is -3.79. The van der Waals surface area contributed by atoms with Gasteiger partial charge in [0.2, 0.25) is 5.89 Å². The van der Waals surface area contributed by atoms with E-state index in [9.17, 15) is 13.2 Å². The van der Waals surface area contributed by atoms with E-state index in [1.807, 2.05) is 6.92 Å². The number of benzene rings is 3. The molecule has 0 aliphatic heterocycles. The van der Waals surface area contributed by atoms with Gasteiger partial charge in [-0.3, -0.25) is 14.8 Å². The Morgan fingerprint density at radius 1 is 0.969 bits per heavy atom. The highest BCUT2D eigenvalue weighted by molar-refractivity contribution is 7.92. The van der Waals surface area contributed by atoms with E-state index in [1.165, 1.54) is 24.3 Å². The number of nitrogens with zero attached hydrogens (tertiary/aromatic N) is 2. The predicted molar refractivity (Wildman–Crippen MR) is 121 cm³/mol. The fraction of sp³-hybridized carbons (Fsp3) is 0.0455. The lowest BCUT2D eigenvalue weighted by Gasteiger charge is -2.09. The van der Waals surface area contributed by atoms with Gasteiger partial charge in [0.25, 0.3) is 15.9 Å². The summed E-state index contributed by atoms with van der Waals surface area (Å²) >= 11 is 5.87.